The summed E-state index contributed by atoms with van der Waals surface area (Å²) in [4.78, 5) is 13.8. The van der Waals surface area contributed by atoms with E-state index in [-0.39, 0.29) is 28.7 Å². The van der Waals surface area contributed by atoms with Crippen molar-refractivity contribution in [1.82, 2.24) is 0 Å². The van der Waals surface area contributed by atoms with E-state index in [0.29, 0.717) is 23.4 Å². The van der Waals surface area contributed by atoms with Gasteiger partial charge in [0.25, 0.3) is 0 Å². The van der Waals surface area contributed by atoms with E-state index in [9.17, 15) is 25.2 Å². The lowest BCUT2D eigenvalue weighted by atomic mass is 9.59. The van der Waals surface area contributed by atoms with Crippen LogP contribution in [0.2, 0.25) is 0 Å². The number of aliphatic hydroxyl groups excluding tert-OH is 3. The fraction of sp³-hybridized carbons (Fsp3) is 0.500. The topological polar surface area (TPSA) is 119 Å². The second-order valence-electron chi connectivity index (χ2n) is 13.1. The summed E-state index contributed by atoms with van der Waals surface area (Å²) in [6.45, 7) is 9.84. The average Bonchev–Trinajstić information content (AvgIpc) is 3.53. The third kappa shape index (κ3) is 4.73. The van der Waals surface area contributed by atoms with E-state index in [1.165, 1.54) is 0 Å². The molecule has 5 rings (SSSR count). The van der Waals surface area contributed by atoms with Crippen LogP contribution in [0.4, 0.5) is 5.69 Å². The number of hydrogen-bond donors (Lipinski definition) is 5. The number of hydrogen-bond acceptors (Lipinski definition) is 7. The number of benzene rings is 2. The monoisotopic (exact) mass is 561 g/mol. The number of anilines is 1. The smallest absolute Gasteiger partial charge is 0.340 e. The summed E-state index contributed by atoms with van der Waals surface area (Å²) in [6, 6.07) is 16.8. The molecule has 7 nitrogen and oxygen atoms in total. The molecule has 3 aliphatic rings. The van der Waals surface area contributed by atoms with Gasteiger partial charge < -0.3 is 30.5 Å². The minimum atomic E-state index is -2.10. The van der Waals surface area contributed by atoms with Gasteiger partial charge in [-0.2, -0.15) is 0 Å². The van der Waals surface area contributed by atoms with Gasteiger partial charge >= 0.3 is 5.97 Å². The van der Waals surface area contributed by atoms with Crippen molar-refractivity contribution in [2.75, 3.05) is 11.9 Å². The zero-order valence-corrected chi connectivity index (χ0v) is 24.5. The van der Waals surface area contributed by atoms with Gasteiger partial charge in [0, 0.05) is 18.2 Å². The van der Waals surface area contributed by atoms with Gasteiger partial charge in [-0.1, -0.05) is 82.3 Å². The summed E-state index contributed by atoms with van der Waals surface area (Å²) in [7, 11) is 0. The molecule has 5 N–H and O–H groups in total. The zero-order chi connectivity index (χ0) is 29.7. The number of ether oxygens (including phenoxy) is 1. The molecule has 0 radical (unpaired) electrons. The lowest BCUT2D eigenvalue weighted by Crippen LogP contribution is -2.66. The first-order valence-electron chi connectivity index (χ1n) is 14.6. The third-order valence-electron chi connectivity index (χ3n) is 9.89. The van der Waals surface area contributed by atoms with Gasteiger partial charge in [-0.25, -0.2) is 4.79 Å². The largest absolute Gasteiger partial charge is 0.451 e. The summed E-state index contributed by atoms with van der Waals surface area (Å²) >= 11 is 0. The van der Waals surface area contributed by atoms with Crippen molar-refractivity contribution in [3.8, 4) is 0 Å². The van der Waals surface area contributed by atoms with E-state index in [0.717, 1.165) is 12.0 Å². The van der Waals surface area contributed by atoms with E-state index in [1.54, 1.807) is 37.3 Å². The van der Waals surface area contributed by atoms with Crippen molar-refractivity contribution < 1.29 is 30.0 Å². The number of aliphatic hydroxyl groups is 4. The average molecular weight is 562 g/mol. The standard InChI is InChI=1S/C34H43NO6/c1-20(2)33-16-21(3)30(34(33,40)28(37)23(19-36)15-25(29(33)38)26-17-32(26,4)5)41-31(39)24-13-9-10-14-27(24)35-18-22-11-7-6-8-12-22/h6-16,20,25-26,28-30,35-38,40H,17-19H2,1-5H3/t25?,26-,28?,29?,30?,33?,34?/m1/s1. The summed E-state index contributed by atoms with van der Waals surface area (Å²) < 4.78 is 6.09. The van der Waals surface area contributed by atoms with Crippen LogP contribution < -0.4 is 5.32 Å². The Labute approximate surface area is 242 Å². The normalized spacial score (nSPS) is 33.9. The van der Waals surface area contributed by atoms with E-state index in [2.05, 4.69) is 19.2 Å². The van der Waals surface area contributed by atoms with E-state index in [4.69, 9.17) is 4.74 Å². The van der Waals surface area contributed by atoms with Crippen LogP contribution in [0, 0.1) is 28.6 Å². The first-order chi connectivity index (χ1) is 19.4. The van der Waals surface area contributed by atoms with Crippen LogP contribution in [-0.2, 0) is 11.3 Å². The molecule has 0 heterocycles. The van der Waals surface area contributed by atoms with Crippen molar-refractivity contribution in [2.45, 2.75) is 71.5 Å². The van der Waals surface area contributed by atoms with Crippen molar-refractivity contribution in [3.05, 3.63) is 89.0 Å². The molecule has 2 aromatic carbocycles. The Morgan fingerprint density at radius 2 is 1.71 bits per heavy atom. The highest BCUT2D eigenvalue weighted by Crippen LogP contribution is 2.64. The summed E-state index contributed by atoms with van der Waals surface area (Å²) in [5.74, 6) is -1.25. The summed E-state index contributed by atoms with van der Waals surface area (Å²) in [6.07, 6.45) is 0.566. The molecule has 0 aromatic heterocycles. The fourth-order valence-corrected chi connectivity index (χ4v) is 7.45. The third-order valence-corrected chi connectivity index (χ3v) is 9.89. The van der Waals surface area contributed by atoms with Crippen molar-refractivity contribution in [1.29, 1.82) is 0 Å². The maximum atomic E-state index is 13.8. The molecule has 0 saturated heterocycles. The SMILES string of the molecule is CC1=CC2(C(C)C)C(O)C([C@H]3CC3(C)C)C=C(CO)C(O)C2(O)C1OC(=O)c1ccccc1NCc1ccccc1. The first kappa shape index (κ1) is 29.5. The van der Waals surface area contributed by atoms with Crippen LogP contribution in [0.5, 0.6) is 0 Å². The van der Waals surface area contributed by atoms with Crippen LogP contribution in [-0.4, -0.2) is 56.9 Å². The number of esters is 1. The van der Waals surface area contributed by atoms with Gasteiger partial charge in [-0.05, 0) is 59.4 Å². The van der Waals surface area contributed by atoms with Crippen LogP contribution in [0.25, 0.3) is 0 Å². The molecule has 0 bridgehead atoms. The van der Waals surface area contributed by atoms with Crippen molar-refractivity contribution in [2.24, 2.45) is 28.6 Å². The minimum Gasteiger partial charge on any atom is -0.451 e. The molecular formula is C34H43NO6. The molecule has 0 amide bonds. The highest BCUT2D eigenvalue weighted by Gasteiger charge is 2.71. The quantitative estimate of drug-likeness (QED) is 0.238. The Bertz CT molecular complexity index is 1350. The number of rotatable bonds is 8. The molecular weight excluding hydrogens is 518 g/mol. The Morgan fingerprint density at radius 1 is 1.07 bits per heavy atom. The van der Waals surface area contributed by atoms with E-state index >= 15 is 0 Å². The number of fused-ring (bicyclic) bond motifs is 1. The molecule has 1 fully saturated rings. The van der Waals surface area contributed by atoms with Gasteiger partial charge in [0.15, 0.2) is 6.10 Å². The molecule has 0 aliphatic heterocycles. The molecule has 1 saturated carbocycles. The van der Waals surface area contributed by atoms with Gasteiger partial charge in [0.05, 0.1) is 23.7 Å². The zero-order valence-electron chi connectivity index (χ0n) is 24.5. The van der Waals surface area contributed by atoms with Gasteiger partial charge in [-0.15, -0.1) is 0 Å². The highest BCUT2D eigenvalue weighted by molar-refractivity contribution is 5.96. The summed E-state index contributed by atoms with van der Waals surface area (Å²) in [5.41, 5.74) is -0.732. The lowest BCUT2D eigenvalue weighted by Gasteiger charge is -2.51. The highest BCUT2D eigenvalue weighted by atomic mass is 16.6. The molecule has 220 valence electrons. The first-order valence-corrected chi connectivity index (χ1v) is 14.6. The fourth-order valence-electron chi connectivity index (χ4n) is 7.45. The number of carbonyl (C=O) groups is 1. The molecule has 6 unspecified atom stereocenters. The second-order valence-corrected chi connectivity index (χ2v) is 13.1. The van der Waals surface area contributed by atoms with Crippen LogP contribution >= 0.6 is 0 Å². The van der Waals surface area contributed by atoms with Crippen LogP contribution in [0.1, 0.15) is 57.0 Å². The second kappa shape index (κ2) is 10.7. The molecule has 7 atom stereocenters. The lowest BCUT2D eigenvalue weighted by molar-refractivity contribution is -0.214. The Morgan fingerprint density at radius 3 is 2.32 bits per heavy atom. The van der Waals surface area contributed by atoms with E-state index < -0.39 is 41.9 Å². The maximum Gasteiger partial charge on any atom is 0.340 e. The van der Waals surface area contributed by atoms with Crippen molar-refractivity contribution in [3.63, 3.8) is 0 Å². The minimum absolute atomic E-state index is 0.00597. The molecule has 7 heteroatoms. The predicted octanol–water partition coefficient (Wildman–Crippen LogP) is 4.47. The molecule has 2 aromatic rings. The van der Waals surface area contributed by atoms with Crippen LogP contribution in [0.3, 0.4) is 0 Å². The van der Waals surface area contributed by atoms with E-state index in [1.807, 2.05) is 50.2 Å². The number of nitrogens with one attached hydrogen (secondary N) is 1. The summed E-state index contributed by atoms with van der Waals surface area (Å²) in [5, 5.41) is 50.1. The Hall–Kier alpha value is -2.97. The molecule has 0 spiro atoms. The van der Waals surface area contributed by atoms with Gasteiger partial charge in [-0.3, -0.25) is 0 Å². The maximum absolute atomic E-state index is 13.8. The van der Waals surface area contributed by atoms with Gasteiger partial charge in [0.2, 0.25) is 0 Å². The Kier molecular flexibility index (Phi) is 7.70. The molecule has 3 aliphatic carbocycles. The molecule has 41 heavy (non-hydrogen) atoms. The van der Waals surface area contributed by atoms with Gasteiger partial charge in [0.1, 0.15) is 11.7 Å². The Balaban J connectivity index is 1.50. The van der Waals surface area contributed by atoms with Crippen molar-refractivity contribution >= 4 is 11.7 Å². The number of para-hydroxylation sites is 1. The predicted molar refractivity (Wildman–Crippen MR) is 158 cm³/mol. The van der Waals surface area contributed by atoms with Crippen LogP contribution in [0.15, 0.2) is 77.9 Å². The number of carbonyl (C=O) groups excluding carboxylic acids is 1.